The van der Waals surface area contributed by atoms with Crippen molar-refractivity contribution in [3.8, 4) is 0 Å². The van der Waals surface area contributed by atoms with Crippen molar-refractivity contribution in [2.45, 2.75) is 77.2 Å². The molecule has 182 valence electrons. The van der Waals surface area contributed by atoms with E-state index in [9.17, 15) is 24.6 Å². The third-order valence-electron chi connectivity index (χ3n) is 5.08. The van der Waals surface area contributed by atoms with E-state index in [0.717, 1.165) is 38.4 Å². The van der Waals surface area contributed by atoms with E-state index >= 15 is 0 Å². The minimum absolute atomic E-state index is 0.292. The molecule has 0 aromatic carbocycles. The summed E-state index contributed by atoms with van der Waals surface area (Å²) in [6, 6.07) is 0. The largest absolute Gasteiger partial charge is 0.481 e. The molecular formula is C25H40O7. The molecule has 0 rings (SSSR count). The lowest BCUT2D eigenvalue weighted by molar-refractivity contribution is -0.155. The topological polar surface area (TPSA) is 121 Å². The van der Waals surface area contributed by atoms with Crippen molar-refractivity contribution in [2.24, 2.45) is 11.8 Å². The van der Waals surface area contributed by atoms with Gasteiger partial charge in [0.1, 0.15) is 19.0 Å². The minimum atomic E-state index is -1.16. The van der Waals surface area contributed by atoms with Crippen molar-refractivity contribution in [3.05, 3.63) is 36.5 Å². The highest BCUT2D eigenvalue weighted by Gasteiger charge is 2.28. The van der Waals surface area contributed by atoms with E-state index in [-0.39, 0.29) is 18.9 Å². The summed E-state index contributed by atoms with van der Waals surface area (Å²) >= 11 is 0. The van der Waals surface area contributed by atoms with Crippen LogP contribution in [0.3, 0.4) is 0 Å². The van der Waals surface area contributed by atoms with E-state index in [1.165, 1.54) is 12.8 Å². The number of aliphatic hydroxyl groups excluding tert-OH is 2. The van der Waals surface area contributed by atoms with E-state index in [1.807, 2.05) is 19.1 Å². The van der Waals surface area contributed by atoms with E-state index in [2.05, 4.69) is 12.2 Å². The summed E-state index contributed by atoms with van der Waals surface area (Å²) in [4.78, 5) is 33.7. The third kappa shape index (κ3) is 16.4. The van der Waals surface area contributed by atoms with Crippen molar-refractivity contribution in [1.29, 1.82) is 0 Å². The van der Waals surface area contributed by atoms with Crippen LogP contribution in [0.1, 0.15) is 71.1 Å². The number of carboxylic acids is 1. The molecule has 0 aromatic rings. The number of rotatable bonds is 20. The Bertz CT molecular complexity index is 595. The zero-order chi connectivity index (χ0) is 24.0. The summed E-state index contributed by atoms with van der Waals surface area (Å²) in [5.74, 6) is -3.02. The van der Waals surface area contributed by atoms with Gasteiger partial charge >= 0.3 is 11.9 Å². The van der Waals surface area contributed by atoms with Gasteiger partial charge in [0, 0.05) is 6.42 Å². The predicted molar refractivity (Wildman–Crippen MR) is 124 cm³/mol. The zero-order valence-electron chi connectivity index (χ0n) is 19.2. The first-order chi connectivity index (χ1) is 15.5. The average Bonchev–Trinajstić information content (AvgIpc) is 2.78. The summed E-state index contributed by atoms with van der Waals surface area (Å²) < 4.78 is 4.83. The van der Waals surface area contributed by atoms with Gasteiger partial charge in [-0.3, -0.25) is 9.59 Å². The first-order valence-corrected chi connectivity index (χ1v) is 11.6. The van der Waals surface area contributed by atoms with Crippen molar-refractivity contribution in [2.75, 3.05) is 13.2 Å². The number of unbranched alkanes of at least 4 members (excludes halogenated alkanes) is 6. The summed E-state index contributed by atoms with van der Waals surface area (Å²) in [6.45, 7) is 0.980. The van der Waals surface area contributed by atoms with Crippen LogP contribution in [0.25, 0.3) is 0 Å². The Morgan fingerprint density at radius 1 is 0.969 bits per heavy atom. The van der Waals surface area contributed by atoms with Crippen LogP contribution in [0.4, 0.5) is 0 Å². The number of aliphatic carboxylic acids is 1. The number of ether oxygens (including phenoxy) is 1. The smallest absolute Gasteiger partial charge is 0.307 e. The molecule has 0 aliphatic heterocycles. The summed E-state index contributed by atoms with van der Waals surface area (Å²) in [7, 11) is 0. The molecule has 3 unspecified atom stereocenters. The van der Waals surface area contributed by atoms with Crippen LogP contribution < -0.4 is 0 Å². The van der Waals surface area contributed by atoms with Gasteiger partial charge in [0.15, 0.2) is 0 Å². The fraction of sp³-hybridized carbons (Fsp3) is 0.640. The Balaban J connectivity index is 4.28. The molecule has 32 heavy (non-hydrogen) atoms. The number of allylic oxidation sites excluding steroid dienone is 6. The number of hydrogen-bond acceptors (Lipinski definition) is 6. The maximum Gasteiger partial charge on any atom is 0.307 e. The van der Waals surface area contributed by atoms with Gasteiger partial charge in [-0.05, 0) is 38.0 Å². The molecule has 7 heteroatoms. The molecule has 3 atom stereocenters. The highest BCUT2D eigenvalue weighted by molar-refractivity contribution is 5.79. The summed E-state index contributed by atoms with van der Waals surface area (Å²) in [6.07, 6.45) is 19.9. The number of esters is 1. The summed E-state index contributed by atoms with van der Waals surface area (Å²) in [5, 5.41) is 27.5. The van der Waals surface area contributed by atoms with Gasteiger partial charge in [0.05, 0.1) is 18.9 Å². The van der Waals surface area contributed by atoms with E-state index in [1.54, 1.807) is 12.2 Å². The van der Waals surface area contributed by atoms with Crippen molar-refractivity contribution in [1.82, 2.24) is 0 Å². The van der Waals surface area contributed by atoms with Gasteiger partial charge in [-0.25, -0.2) is 0 Å². The molecule has 0 heterocycles. The minimum Gasteiger partial charge on any atom is -0.481 e. The third-order valence-corrected chi connectivity index (χ3v) is 5.08. The van der Waals surface area contributed by atoms with E-state index in [4.69, 9.17) is 9.84 Å². The fourth-order valence-electron chi connectivity index (χ4n) is 3.13. The first kappa shape index (κ1) is 29.8. The molecule has 3 N–H and O–H groups in total. The Kier molecular flexibility index (Phi) is 19.2. The molecule has 0 saturated carbocycles. The van der Waals surface area contributed by atoms with E-state index < -0.39 is 30.6 Å². The quantitative estimate of drug-likeness (QED) is 0.0839. The lowest BCUT2D eigenvalue weighted by Crippen LogP contribution is -2.28. The van der Waals surface area contributed by atoms with Crippen LogP contribution in [-0.4, -0.2) is 52.9 Å². The van der Waals surface area contributed by atoms with Gasteiger partial charge in [0.2, 0.25) is 0 Å². The Hall–Kier alpha value is -2.25. The van der Waals surface area contributed by atoms with Crippen molar-refractivity contribution in [3.63, 3.8) is 0 Å². The summed E-state index contributed by atoms with van der Waals surface area (Å²) in [5.41, 5.74) is 0. The number of carboxylic acid groups (broad SMARTS) is 1. The van der Waals surface area contributed by atoms with Crippen molar-refractivity contribution < 1.29 is 34.4 Å². The van der Waals surface area contributed by atoms with Gasteiger partial charge in [-0.1, -0.05) is 62.6 Å². The number of aldehydes is 1. The first-order valence-electron chi connectivity index (χ1n) is 11.6. The monoisotopic (exact) mass is 452 g/mol. The lowest BCUT2D eigenvalue weighted by Gasteiger charge is -2.19. The Morgan fingerprint density at radius 2 is 1.66 bits per heavy atom. The molecule has 0 radical (unpaired) electrons. The molecule has 0 spiro atoms. The maximum absolute atomic E-state index is 11.9. The molecule has 0 aliphatic carbocycles. The second-order valence-corrected chi connectivity index (χ2v) is 7.77. The highest BCUT2D eigenvalue weighted by Crippen LogP contribution is 2.22. The van der Waals surface area contributed by atoms with Crippen LogP contribution in [0.2, 0.25) is 0 Å². The van der Waals surface area contributed by atoms with Crippen molar-refractivity contribution >= 4 is 18.2 Å². The molecule has 7 nitrogen and oxygen atoms in total. The zero-order valence-corrected chi connectivity index (χ0v) is 19.2. The van der Waals surface area contributed by atoms with Crippen LogP contribution in [0.5, 0.6) is 0 Å². The molecule has 0 amide bonds. The molecule has 0 aliphatic rings. The van der Waals surface area contributed by atoms with Crippen LogP contribution >= 0.6 is 0 Å². The van der Waals surface area contributed by atoms with Gasteiger partial charge in [-0.2, -0.15) is 0 Å². The Labute approximate surface area is 191 Å². The SMILES string of the molecule is CCC(/C=C/C=C\C/C=C\CCCCCCCC=O)C(CC(=O)OCC(O)CO)C(=O)O. The van der Waals surface area contributed by atoms with Crippen LogP contribution in [0, 0.1) is 11.8 Å². The number of hydrogen-bond donors (Lipinski definition) is 3. The number of carbonyl (C=O) groups excluding carboxylic acids is 2. The van der Waals surface area contributed by atoms with Gasteiger partial charge < -0.3 is 24.9 Å². The average molecular weight is 453 g/mol. The van der Waals surface area contributed by atoms with Crippen LogP contribution in [0.15, 0.2) is 36.5 Å². The predicted octanol–water partition coefficient (Wildman–Crippen LogP) is 3.99. The number of aliphatic hydroxyl groups is 2. The van der Waals surface area contributed by atoms with Gasteiger partial charge in [-0.15, -0.1) is 0 Å². The van der Waals surface area contributed by atoms with Gasteiger partial charge in [0.25, 0.3) is 0 Å². The van der Waals surface area contributed by atoms with Crippen LogP contribution in [-0.2, 0) is 19.1 Å². The molecule has 0 aromatic heterocycles. The maximum atomic E-state index is 11.9. The molecule has 0 saturated heterocycles. The van der Waals surface area contributed by atoms with E-state index in [0.29, 0.717) is 12.8 Å². The second kappa shape index (κ2) is 20.6. The Morgan fingerprint density at radius 3 is 2.28 bits per heavy atom. The normalized spacial score (nSPS) is 14.7. The lowest BCUT2D eigenvalue weighted by atomic mass is 9.87. The second-order valence-electron chi connectivity index (χ2n) is 7.77. The molecule has 0 bridgehead atoms. The standard InChI is InChI=1S/C25H40O7/c1-2-21(23(25(30)31)18-24(29)32-20-22(28)19-27)16-14-12-10-8-6-4-3-5-7-9-11-13-15-17-26/h4,6,10,12,14,16-17,21-23,27-28H,2-3,5,7-9,11,13,15,18-20H2,1H3,(H,30,31)/b6-4-,12-10-,16-14+. The fourth-order valence-corrected chi connectivity index (χ4v) is 3.13. The number of carbonyl (C=O) groups is 3. The highest BCUT2D eigenvalue weighted by atomic mass is 16.5. The molecule has 0 fully saturated rings. The molecular weight excluding hydrogens is 412 g/mol.